The van der Waals surface area contributed by atoms with E-state index in [2.05, 4.69) is 117 Å². The van der Waals surface area contributed by atoms with Gasteiger partial charge in [0.25, 0.3) is 0 Å². The van der Waals surface area contributed by atoms with E-state index in [1.807, 2.05) is 24.4 Å². The lowest BCUT2D eigenvalue weighted by Crippen LogP contribution is -2.17. The average molecular weight is 599 g/mol. The Balaban J connectivity index is 0.000000286. The molecule has 2 aromatic heterocycles. The Morgan fingerprint density at radius 1 is 0.761 bits per heavy atom. The number of hydrogen-bond donors (Lipinski definition) is 0. The zero-order valence-corrected chi connectivity index (χ0v) is 27.5. The Kier molecular flexibility index (Phi) is 8.37. The fourth-order valence-electron chi connectivity index (χ4n) is 7.81. The van der Waals surface area contributed by atoms with Crippen molar-refractivity contribution in [2.75, 3.05) is 0 Å². The normalized spacial score (nSPS) is 15.3. The summed E-state index contributed by atoms with van der Waals surface area (Å²) < 4.78 is 0. The van der Waals surface area contributed by atoms with Crippen molar-refractivity contribution in [2.45, 2.75) is 65.7 Å². The number of rotatable bonds is 4. The molecule has 2 aliphatic carbocycles. The van der Waals surface area contributed by atoms with Gasteiger partial charge in [-0.2, -0.15) is 0 Å². The molecule has 2 aliphatic rings. The molecule has 0 fully saturated rings. The van der Waals surface area contributed by atoms with Gasteiger partial charge in [-0.15, -0.1) is 0 Å². The summed E-state index contributed by atoms with van der Waals surface area (Å²) in [5, 5.41) is 3.93. The first-order valence-electron chi connectivity index (χ1n) is 16.8. The highest BCUT2D eigenvalue weighted by atomic mass is 14.7. The molecule has 2 nitrogen and oxygen atoms in total. The van der Waals surface area contributed by atoms with Crippen LogP contribution in [0.2, 0.25) is 0 Å². The van der Waals surface area contributed by atoms with Gasteiger partial charge in [0.15, 0.2) is 0 Å². The van der Waals surface area contributed by atoms with Gasteiger partial charge in [0.2, 0.25) is 0 Å². The van der Waals surface area contributed by atoms with Crippen molar-refractivity contribution in [3.05, 3.63) is 160 Å². The van der Waals surface area contributed by atoms with Crippen LogP contribution < -0.4 is 0 Å². The summed E-state index contributed by atoms with van der Waals surface area (Å²) in [4.78, 5) is 8.11. The summed E-state index contributed by atoms with van der Waals surface area (Å²) >= 11 is 0. The zero-order chi connectivity index (χ0) is 31.6. The molecule has 0 saturated carbocycles. The van der Waals surface area contributed by atoms with E-state index in [1.165, 1.54) is 72.8 Å². The summed E-state index contributed by atoms with van der Waals surface area (Å²) in [7, 11) is 0. The summed E-state index contributed by atoms with van der Waals surface area (Å²) in [6, 6.07) is 31.4. The largest absolute Gasteiger partial charge is 0.264 e. The Morgan fingerprint density at radius 2 is 1.59 bits per heavy atom. The highest BCUT2D eigenvalue weighted by Crippen LogP contribution is 2.48. The summed E-state index contributed by atoms with van der Waals surface area (Å²) in [6.07, 6.45) is 15.7. The molecule has 1 atom stereocenters. The van der Waals surface area contributed by atoms with Crippen molar-refractivity contribution < 1.29 is 0 Å². The second kappa shape index (κ2) is 12.9. The second-order valence-corrected chi connectivity index (χ2v) is 12.7. The first kappa shape index (κ1) is 29.9. The molecule has 0 amide bonds. The molecule has 6 aromatic rings. The molecule has 8 rings (SSSR count). The third-order valence-electron chi connectivity index (χ3n) is 10.0. The van der Waals surface area contributed by atoms with E-state index in [0.29, 0.717) is 5.92 Å². The Morgan fingerprint density at radius 3 is 2.37 bits per heavy atom. The number of nitrogens with zero attached hydrogens (tertiary/aromatic N) is 2. The van der Waals surface area contributed by atoms with Crippen LogP contribution in [-0.4, -0.2) is 9.97 Å². The molecule has 0 spiro atoms. The van der Waals surface area contributed by atoms with Gasteiger partial charge in [-0.1, -0.05) is 92.2 Å². The van der Waals surface area contributed by atoms with Crippen LogP contribution in [0.3, 0.4) is 0 Å². The minimum atomic E-state index is 0.468. The van der Waals surface area contributed by atoms with Gasteiger partial charge in [-0.05, 0) is 137 Å². The van der Waals surface area contributed by atoms with E-state index >= 15 is 0 Å². The van der Waals surface area contributed by atoms with E-state index in [9.17, 15) is 0 Å². The molecule has 0 saturated heterocycles. The maximum absolute atomic E-state index is 4.14. The topological polar surface area (TPSA) is 25.8 Å². The van der Waals surface area contributed by atoms with Crippen molar-refractivity contribution >= 4 is 27.2 Å². The van der Waals surface area contributed by atoms with E-state index < -0.39 is 0 Å². The summed E-state index contributed by atoms with van der Waals surface area (Å²) in [5.74, 6) is 0.468. The monoisotopic (exact) mass is 598 g/mol. The Hall–Kier alpha value is -4.82. The van der Waals surface area contributed by atoms with E-state index in [-0.39, 0.29) is 0 Å². The molecule has 228 valence electrons. The van der Waals surface area contributed by atoms with Crippen molar-refractivity contribution in [3.63, 3.8) is 0 Å². The van der Waals surface area contributed by atoms with Gasteiger partial charge in [-0.3, -0.25) is 9.97 Å². The third-order valence-corrected chi connectivity index (χ3v) is 10.0. The number of hydrogen-bond acceptors (Lipinski definition) is 2. The predicted molar refractivity (Wildman–Crippen MR) is 195 cm³/mol. The number of benzene rings is 4. The molecule has 2 heteroatoms. The smallest absolute Gasteiger partial charge is 0.0732 e. The predicted octanol–water partition coefficient (Wildman–Crippen LogP) is 11.3. The zero-order valence-electron chi connectivity index (χ0n) is 27.5. The van der Waals surface area contributed by atoms with Crippen molar-refractivity contribution in [1.29, 1.82) is 0 Å². The highest BCUT2D eigenvalue weighted by molar-refractivity contribution is 5.98. The molecular formula is C44H42N2. The molecule has 2 heterocycles. The Bertz CT molecular complexity index is 2040. The first-order chi connectivity index (χ1) is 22.6. The van der Waals surface area contributed by atoms with Gasteiger partial charge in [0.1, 0.15) is 0 Å². The lowest BCUT2D eigenvalue weighted by Gasteiger charge is -2.34. The molecule has 4 aromatic carbocycles. The van der Waals surface area contributed by atoms with Crippen molar-refractivity contribution in [3.8, 4) is 11.1 Å². The highest BCUT2D eigenvalue weighted by Gasteiger charge is 2.30. The van der Waals surface area contributed by atoms with Crippen LogP contribution in [0.15, 0.2) is 121 Å². The minimum Gasteiger partial charge on any atom is -0.264 e. The van der Waals surface area contributed by atoms with Crippen LogP contribution in [-0.2, 0) is 19.3 Å². The van der Waals surface area contributed by atoms with Crippen LogP contribution in [0.5, 0.6) is 0 Å². The lowest BCUT2D eigenvalue weighted by molar-refractivity contribution is 0.720. The lowest BCUT2D eigenvalue weighted by atomic mass is 9.70. The van der Waals surface area contributed by atoms with E-state index in [4.69, 9.17) is 0 Å². The molecule has 0 radical (unpaired) electrons. The quantitative estimate of drug-likeness (QED) is 0.202. The molecule has 0 aliphatic heterocycles. The first-order valence-corrected chi connectivity index (χ1v) is 16.8. The summed E-state index contributed by atoms with van der Waals surface area (Å²) in [6.45, 7) is 9.16. The molecule has 0 N–H and O–H groups in total. The van der Waals surface area contributed by atoms with Gasteiger partial charge in [0.05, 0.1) is 5.52 Å². The number of aromatic nitrogens is 2. The van der Waals surface area contributed by atoms with E-state index in [1.54, 1.807) is 18.0 Å². The van der Waals surface area contributed by atoms with Crippen LogP contribution in [0.25, 0.3) is 38.4 Å². The van der Waals surface area contributed by atoms with Crippen molar-refractivity contribution in [1.82, 2.24) is 9.97 Å². The van der Waals surface area contributed by atoms with Gasteiger partial charge in [-0.25, -0.2) is 0 Å². The third kappa shape index (κ3) is 5.47. The van der Waals surface area contributed by atoms with Gasteiger partial charge >= 0.3 is 0 Å². The van der Waals surface area contributed by atoms with Gasteiger partial charge in [0, 0.05) is 29.9 Å². The number of fused-ring (bicyclic) bond motifs is 5. The summed E-state index contributed by atoms with van der Waals surface area (Å²) in [5.41, 5.74) is 17.1. The van der Waals surface area contributed by atoms with Crippen LogP contribution >= 0.6 is 0 Å². The average Bonchev–Trinajstić information content (AvgIpc) is 3.11. The van der Waals surface area contributed by atoms with Crippen LogP contribution in [0.1, 0.15) is 71.6 Å². The van der Waals surface area contributed by atoms with Gasteiger partial charge < -0.3 is 0 Å². The number of aryl methyl sites for hydroxylation is 4. The number of allylic oxidation sites excluding steroid dienone is 4. The van der Waals surface area contributed by atoms with Crippen LogP contribution in [0.4, 0.5) is 0 Å². The molecule has 1 unspecified atom stereocenters. The maximum atomic E-state index is 4.14. The minimum absolute atomic E-state index is 0.468. The molecular weight excluding hydrogens is 556 g/mol. The van der Waals surface area contributed by atoms with E-state index in [0.717, 1.165) is 36.6 Å². The molecule has 0 bridgehead atoms. The fraction of sp³-hybridized carbons (Fsp3) is 0.227. The maximum Gasteiger partial charge on any atom is 0.0732 e. The number of pyridine rings is 2. The molecule has 46 heavy (non-hydrogen) atoms. The van der Waals surface area contributed by atoms with Crippen molar-refractivity contribution in [2.24, 2.45) is 0 Å². The standard InChI is InChI=1S/C36H36.C8H6N2/c1-5-25-13-11-14-26(6-2)36(25)28-20-24(4)35-27(21-28)18-19-32-30-16-9-10-17-31(30)33(22-34(32)35)29-15-8-7-12-23(29)3;1-2-7-6-9-5-3-8(7)10-4-1/h7-9,11-16,18-21,33H,5-6,10,17,22H2,1-4H3;1-6H. The van der Waals surface area contributed by atoms with Crippen LogP contribution in [0, 0.1) is 13.8 Å². The fourth-order valence-corrected chi connectivity index (χ4v) is 7.81. The SMILES string of the molecule is CCc1cccc(CC)c1-c1cc(C)c2c3c(ccc2c1)C1=C(CCC=C1)C(c1ccccc1C)C3.c1cnc2ccncc2c1. The second-order valence-electron chi connectivity index (χ2n) is 12.7. The Labute approximate surface area is 273 Å².